The first-order valence-corrected chi connectivity index (χ1v) is 9.45. The van der Waals surface area contributed by atoms with Crippen molar-refractivity contribution < 1.29 is 13.2 Å². The lowest BCUT2D eigenvalue weighted by molar-refractivity contribution is 0.543. The molecule has 0 atom stereocenters. The van der Waals surface area contributed by atoms with Gasteiger partial charge in [0.1, 0.15) is 23.0 Å². The number of benzene rings is 2. The lowest BCUT2D eigenvalue weighted by Gasteiger charge is -2.06. The third-order valence-electron chi connectivity index (χ3n) is 5.06. The Morgan fingerprint density at radius 1 is 1.00 bits per heavy atom. The third kappa shape index (κ3) is 3.12. The quantitative estimate of drug-likeness (QED) is 0.545. The van der Waals surface area contributed by atoms with Crippen molar-refractivity contribution in [3.63, 3.8) is 0 Å². The average molecular weight is 411 g/mol. The molecule has 152 valence electrons. The topological polar surface area (TPSA) is 64.7 Å². The molecule has 0 unspecified atom stereocenters. The molecule has 2 aromatic carbocycles. The van der Waals surface area contributed by atoms with Crippen molar-refractivity contribution in [1.29, 1.82) is 0 Å². The molecule has 5 rings (SSSR count). The maximum atomic E-state index is 14.5. The molecule has 0 amide bonds. The molecule has 2 heterocycles. The van der Waals surface area contributed by atoms with Crippen LogP contribution < -0.4 is 11.0 Å². The van der Waals surface area contributed by atoms with Gasteiger partial charge in [0.25, 0.3) is 0 Å². The Labute approximate surface area is 168 Å². The van der Waals surface area contributed by atoms with Gasteiger partial charge in [0.15, 0.2) is 5.65 Å². The number of aromatic nitrogens is 4. The van der Waals surface area contributed by atoms with Crippen LogP contribution in [-0.2, 0) is 6.54 Å². The Morgan fingerprint density at radius 2 is 1.70 bits per heavy atom. The lowest BCUT2D eigenvalue weighted by atomic mass is 10.2. The van der Waals surface area contributed by atoms with Gasteiger partial charge in [0.05, 0.1) is 18.4 Å². The molecule has 1 saturated carbocycles. The fourth-order valence-electron chi connectivity index (χ4n) is 3.36. The predicted molar refractivity (Wildman–Crippen MR) is 105 cm³/mol. The summed E-state index contributed by atoms with van der Waals surface area (Å²) in [7, 11) is 0. The molecular formula is C21H16F3N5O. The number of anilines is 1. The summed E-state index contributed by atoms with van der Waals surface area (Å²) in [6, 6.07) is 9.53. The molecule has 0 bridgehead atoms. The molecule has 1 aliphatic carbocycles. The van der Waals surface area contributed by atoms with E-state index in [1.54, 1.807) is 6.07 Å². The standard InChI is InChI=1S/C21H16F3N5O/c22-14-5-3-6-15(23)13(14)11-28-18-10-25-20(26-12-8-9-12)27-19(18)29(21(28)30)17-7-2-1-4-16(17)24/h1-7,10,12H,8-9,11H2,(H,25,26,27). The molecule has 0 aliphatic heterocycles. The monoisotopic (exact) mass is 411 g/mol. The molecule has 1 fully saturated rings. The van der Waals surface area contributed by atoms with E-state index in [-0.39, 0.29) is 35.0 Å². The number of para-hydroxylation sites is 1. The summed E-state index contributed by atoms with van der Waals surface area (Å²) in [4.78, 5) is 21.9. The van der Waals surface area contributed by atoms with Crippen molar-refractivity contribution in [3.05, 3.63) is 82.2 Å². The van der Waals surface area contributed by atoms with E-state index >= 15 is 0 Å². The molecule has 6 nitrogen and oxygen atoms in total. The first-order chi connectivity index (χ1) is 14.5. The van der Waals surface area contributed by atoms with Crippen molar-refractivity contribution in [1.82, 2.24) is 19.1 Å². The number of rotatable bonds is 5. The van der Waals surface area contributed by atoms with Gasteiger partial charge in [-0.25, -0.2) is 27.5 Å². The number of hydrogen-bond donors (Lipinski definition) is 1. The van der Waals surface area contributed by atoms with Gasteiger partial charge in [-0.2, -0.15) is 4.98 Å². The molecule has 2 aromatic heterocycles. The normalized spacial score (nSPS) is 13.7. The van der Waals surface area contributed by atoms with Crippen molar-refractivity contribution in [2.24, 2.45) is 0 Å². The highest BCUT2D eigenvalue weighted by Gasteiger charge is 2.24. The van der Waals surface area contributed by atoms with Crippen molar-refractivity contribution in [2.45, 2.75) is 25.4 Å². The van der Waals surface area contributed by atoms with E-state index in [0.29, 0.717) is 5.95 Å². The van der Waals surface area contributed by atoms with Crippen LogP contribution in [0.5, 0.6) is 0 Å². The number of nitrogens with zero attached hydrogens (tertiary/aromatic N) is 4. The van der Waals surface area contributed by atoms with Crippen molar-refractivity contribution in [2.75, 3.05) is 5.32 Å². The maximum Gasteiger partial charge on any atom is 0.335 e. The summed E-state index contributed by atoms with van der Waals surface area (Å²) in [6.07, 6.45) is 3.40. The fraction of sp³-hybridized carbons (Fsp3) is 0.190. The zero-order valence-electron chi connectivity index (χ0n) is 15.6. The second-order valence-corrected chi connectivity index (χ2v) is 7.18. The van der Waals surface area contributed by atoms with Gasteiger partial charge in [-0.1, -0.05) is 18.2 Å². The molecule has 0 saturated heterocycles. The number of imidazole rings is 1. The average Bonchev–Trinajstić information content (AvgIpc) is 3.49. The Bertz CT molecular complexity index is 1310. The van der Waals surface area contributed by atoms with Crippen LogP contribution in [0.1, 0.15) is 18.4 Å². The summed E-state index contributed by atoms with van der Waals surface area (Å²) in [5, 5.41) is 3.14. The summed E-state index contributed by atoms with van der Waals surface area (Å²) in [6.45, 7) is -0.381. The summed E-state index contributed by atoms with van der Waals surface area (Å²) in [5.41, 5.74) is -0.549. The highest BCUT2D eigenvalue weighted by atomic mass is 19.1. The zero-order chi connectivity index (χ0) is 20.8. The SMILES string of the molecule is O=c1n(Cc2c(F)cccc2F)c2cnc(NC3CC3)nc2n1-c1ccccc1F. The summed E-state index contributed by atoms with van der Waals surface area (Å²) >= 11 is 0. The minimum absolute atomic E-state index is 0.00340. The Kier molecular flexibility index (Phi) is 4.30. The molecule has 0 spiro atoms. The maximum absolute atomic E-state index is 14.5. The number of halogens is 3. The van der Waals surface area contributed by atoms with Crippen LogP contribution in [-0.4, -0.2) is 25.1 Å². The van der Waals surface area contributed by atoms with Gasteiger partial charge >= 0.3 is 5.69 Å². The Hall–Kier alpha value is -3.62. The predicted octanol–water partition coefficient (Wildman–Crippen LogP) is 3.62. The van der Waals surface area contributed by atoms with Crippen LogP contribution >= 0.6 is 0 Å². The van der Waals surface area contributed by atoms with Gasteiger partial charge in [0, 0.05) is 11.6 Å². The molecule has 9 heteroatoms. The van der Waals surface area contributed by atoms with Crippen LogP contribution in [0, 0.1) is 17.5 Å². The number of nitrogens with one attached hydrogen (secondary N) is 1. The van der Waals surface area contributed by atoms with Gasteiger partial charge in [-0.3, -0.25) is 4.57 Å². The molecule has 30 heavy (non-hydrogen) atoms. The lowest BCUT2D eigenvalue weighted by Crippen LogP contribution is -2.25. The van der Waals surface area contributed by atoms with E-state index in [9.17, 15) is 18.0 Å². The van der Waals surface area contributed by atoms with Gasteiger partial charge < -0.3 is 5.32 Å². The van der Waals surface area contributed by atoms with Crippen molar-refractivity contribution >= 4 is 17.1 Å². The van der Waals surface area contributed by atoms with Crippen molar-refractivity contribution in [3.8, 4) is 5.69 Å². The van der Waals surface area contributed by atoms with Crippen LogP contribution in [0.3, 0.4) is 0 Å². The summed E-state index contributed by atoms with van der Waals surface area (Å²) < 4.78 is 45.2. The van der Waals surface area contributed by atoms with E-state index in [1.807, 2.05) is 0 Å². The smallest absolute Gasteiger partial charge is 0.335 e. The van der Waals surface area contributed by atoms with E-state index in [0.717, 1.165) is 34.1 Å². The van der Waals surface area contributed by atoms with Gasteiger partial charge in [-0.05, 0) is 37.1 Å². The van der Waals surface area contributed by atoms with Gasteiger partial charge in [0.2, 0.25) is 5.95 Å². The van der Waals surface area contributed by atoms with E-state index in [1.165, 1.54) is 30.5 Å². The second kappa shape index (κ2) is 7.01. The molecule has 4 aromatic rings. The molecule has 1 aliphatic rings. The summed E-state index contributed by atoms with van der Waals surface area (Å²) in [5.74, 6) is -1.86. The van der Waals surface area contributed by atoms with Crippen LogP contribution in [0.15, 0.2) is 53.5 Å². The van der Waals surface area contributed by atoms with Crippen LogP contribution in [0.25, 0.3) is 16.9 Å². The first kappa shape index (κ1) is 18.4. The number of hydrogen-bond acceptors (Lipinski definition) is 4. The van der Waals surface area contributed by atoms with E-state index in [2.05, 4.69) is 15.3 Å². The van der Waals surface area contributed by atoms with E-state index in [4.69, 9.17) is 0 Å². The van der Waals surface area contributed by atoms with Crippen LogP contribution in [0.4, 0.5) is 19.1 Å². The zero-order valence-corrected chi connectivity index (χ0v) is 15.6. The van der Waals surface area contributed by atoms with Gasteiger partial charge in [-0.15, -0.1) is 0 Å². The molecular weight excluding hydrogens is 395 g/mol. The largest absolute Gasteiger partial charge is 0.351 e. The highest BCUT2D eigenvalue weighted by molar-refractivity contribution is 5.74. The molecule has 0 radical (unpaired) electrons. The minimum Gasteiger partial charge on any atom is -0.351 e. The minimum atomic E-state index is -0.776. The number of fused-ring (bicyclic) bond motifs is 1. The second-order valence-electron chi connectivity index (χ2n) is 7.18. The van der Waals surface area contributed by atoms with E-state index < -0.39 is 23.1 Å². The fourth-order valence-corrected chi connectivity index (χ4v) is 3.36. The first-order valence-electron chi connectivity index (χ1n) is 9.45. The molecule has 1 N–H and O–H groups in total. The Morgan fingerprint density at radius 3 is 2.40 bits per heavy atom. The highest BCUT2D eigenvalue weighted by Crippen LogP contribution is 2.25. The van der Waals surface area contributed by atoms with Crippen LogP contribution in [0.2, 0.25) is 0 Å². The third-order valence-corrected chi connectivity index (χ3v) is 5.06. The Balaban J connectivity index is 1.74.